The Labute approximate surface area is 228 Å². The van der Waals surface area contributed by atoms with Crippen LogP contribution >= 0.6 is 0 Å². The van der Waals surface area contributed by atoms with E-state index in [0.29, 0.717) is 5.41 Å². The SMILES string of the molecule is Cc1cc(-c2ccc(C34CC5CC(CC(C5)C3)C4)cc2)cc(-c2ccc3c(c2)C(C)(C)c2ccccc2-3)c1. The molecule has 0 nitrogen and oxygen atoms in total. The first-order valence-electron chi connectivity index (χ1n) is 14.9. The number of benzene rings is 4. The molecule has 0 amide bonds. The van der Waals surface area contributed by atoms with Gasteiger partial charge in [-0.25, -0.2) is 0 Å². The molecule has 0 N–H and O–H groups in total. The molecule has 0 aromatic heterocycles. The van der Waals surface area contributed by atoms with Gasteiger partial charge in [0, 0.05) is 5.41 Å². The van der Waals surface area contributed by atoms with Gasteiger partial charge >= 0.3 is 0 Å². The van der Waals surface area contributed by atoms with Crippen molar-refractivity contribution in [2.24, 2.45) is 17.8 Å². The number of hydrogen-bond acceptors (Lipinski definition) is 0. The molecule has 0 spiro atoms. The van der Waals surface area contributed by atoms with E-state index >= 15 is 0 Å². The normalized spacial score (nSPS) is 27.8. The zero-order valence-corrected chi connectivity index (χ0v) is 23.1. The van der Waals surface area contributed by atoms with Gasteiger partial charge in [0.05, 0.1) is 0 Å². The molecule has 4 saturated carbocycles. The van der Waals surface area contributed by atoms with Crippen LogP contribution in [-0.4, -0.2) is 0 Å². The third kappa shape index (κ3) is 3.35. The van der Waals surface area contributed by atoms with Crippen molar-refractivity contribution >= 4 is 0 Å². The molecule has 5 aliphatic carbocycles. The monoisotopic (exact) mass is 494 g/mol. The van der Waals surface area contributed by atoms with E-state index in [-0.39, 0.29) is 5.41 Å². The number of aryl methyl sites for hydroxylation is 1. The van der Waals surface area contributed by atoms with Crippen LogP contribution in [0.2, 0.25) is 0 Å². The van der Waals surface area contributed by atoms with Gasteiger partial charge in [0.25, 0.3) is 0 Å². The third-order valence-electron chi connectivity index (χ3n) is 10.9. The fourth-order valence-corrected chi connectivity index (χ4v) is 9.48. The molecule has 38 heavy (non-hydrogen) atoms. The van der Waals surface area contributed by atoms with Crippen LogP contribution in [0.5, 0.6) is 0 Å². The first-order chi connectivity index (χ1) is 18.4. The molecule has 0 radical (unpaired) electrons. The van der Waals surface area contributed by atoms with Crippen molar-refractivity contribution in [3.05, 3.63) is 107 Å². The quantitative estimate of drug-likeness (QED) is 0.266. The van der Waals surface area contributed by atoms with Crippen LogP contribution in [0, 0.1) is 24.7 Å². The van der Waals surface area contributed by atoms with Crippen LogP contribution in [0.1, 0.15) is 74.6 Å². The molecule has 0 heteroatoms. The van der Waals surface area contributed by atoms with E-state index in [4.69, 9.17) is 0 Å². The van der Waals surface area contributed by atoms with Crippen molar-refractivity contribution in [3.8, 4) is 33.4 Å². The van der Waals surface area contributed by atoms with Crippen molar-refractivity contribution in [1.29, 1.82) is 0 Å². The number of hydrogen-bond donors (Lipinski definition) is 0. The van der Waals surface area contributed by atoms with Crippen molar-refractivity contribution in [2.75, 3.05) is 0 Å². The molecule has 0 unspecified atom stereocenters. The fourth-order valence-electron chi connectivity index (χ4n) is 9.48. The Bertz CT molecular complexity index is 1530. The Morgan fingerprint density at radius 3 is 1.82 bits per heavy atom. The van der Waals surface area contributed by atoms with Gasteiger partial charge in [-0.1, -0.05) is 86.6 Å². The number of rotatable bonds is 3. The van der Waals surface area contributed by atoms with Crippen LogP contribution in [0.25, 0.3) is 33.4 Å². The second kappa shape index (κ2) is 7.95. The molecule has 4 aromatic rings. The van der Waals surface area contributed by atoms with Gasteiger partial charge in [0.15, 0.2) is 0 Å². The second-order valence-electron chi connectivity index (χ2n) is 13.8. The Morgan fingerprint density at radius 2 is 1.13 bits per heavy atom. The Kier molecular flexibility index (Phi) is 4.78. The highest BCUT2D eigenvalue weighted by atomic mass is 14.6. The van der Waals surface area contributed by atoms with Gasteiger partial charge in [-0.15, -0.1) is 0 Å². The van der Waals surface area contributed by atoms with Crippen molar-refractivity contribution in [2.45, 2.75) is 70.1 Å². The number of fused-ring (bicyclic) bond motifs is 3. The Balaban J connectivity index is 1.14. The molecule has 190 valence electrons. The van der Waals surface area contributed by atoms with E-state index in [9.17, 15) is 0 Å². The summed E-state index contributed by atoms with van der Waals surface area (Å²) >= 11 is 0. The lowest BCUT2D eigenvalue weighted by molar-refractivity contribution is -0.00518. The molecular formula is C38H38. The van der Waals surface area contributed by atoms with Gasteiger partial charge < -0.3 is 0 Å². The third-order valence-corrected chi connectivity index (χ3v) is 10.9. The first kappa shape index (κ1) is 22.8. The summed E-state index contributed by atoms with van der Waals surface area (Å²) in [4.78, 5) is 0. The smallest absolute Gasteiger partial charge is 0.0159 e. The molecule has 4 aromatic carbocycles. The minimum atomic E-state index is 0.0294. The molecule has 4 bridgehead atoms. The van der Waals surface area contributed by atoms with Crippen molar-refractivity contribution < 1.29 is 0 Å². The van der Waals surface area contributed by atoms with Gasteiger partial charge in [0.2, 0.25) is 0 Å². The van der Waals surface area contributed by atoms with E-state index in [0.717, 1.165) is 17.8 Å². The van der Waals surface area contributed by atoms with Gasteiger partial charge in [-0.05, 0) is 136 Å². The van der Waals surface area contributed by atoms with E-state index in [1.54, 1.807) is 5.56 Å². The van der Waals surface area contributed by atoms with E-state index in [2.05, 4.69) is 106 Å². The summed E-state index contributed by atoms with van der Waals surface area (Å²) in [7, 11) is 0. The van der Waals surface area contributed by atoms with Gasteiger partial charge in [-0.3, -0.25) is 0 Å². The average Bonchev–Trinajstić information content (AvgIpc) is 3.14. The van der Waals surface area contributed by atoms with E-state index in [1.165, 1.54) is 88.6 Å². The maximum atomic E-state index is 2.49. The standard InChI is InChI=1S/C38H38/c1-24-14-30(28-8-11-32(12-9-28)38-21-25-16-26(22-38)18-27(17-25)23-38)19-31(15-24)29-10-13-34-33-6-4-5-7-35(33)37(2,3)36(34)20-29/h4-15,19-20,25-27H,16-18,21-23H2,1-3H3. The van der Waals surface area contributed by atoms with Gasteiger partial charge in [-0.2, -0.15) is 0 Å². The zero-order chi connectivity index (χ0) is 25.6. The summed E-state index contributed by atoms with van der Waals surface area (Å²) in [5.41, 5.74) is 14.4. The fraction of sp³-hybridized carbons (Fsp3) is 0.368. The minimum absolute atomic E-state index is 0.0294. The highest BCUT2D eigenvalue weighted by molar-refractivity contribution is 5.84. The largest absolute Gasteiger partial charge is 0.0619 e. The van der Waals surface area contributed by atoms with Crippen LogP contribution < -0.4 is 0 Å². The summed E-state index contributed by atoms with van der Waals surface area (Å²) in [6.45, 7) is 6.98. The molecule has 0 saturated heterocycles. The maximum absolute atomic E-state index is 2.49. The lowest BCUT2D eigenvalue weighted by Crippen LogP contribution is -2.48. The summed E-state index contributed by atoms with van der Waals surface area (Å²) in [5.74, 6) is 2.97. The second-order valence-corrected chi connectivity index (χ2v) is 13.8. The average molecular weight is 495 g/mol. The Morgan fingerprint density at radius 1 is 0.553 bits per heavy atom. The summed E-state index contributed by atoms with van der Waals surface area (Å²) in [6, 6.07) is 32.9. The maximum Gasteiger partial charge on any atom is 0.0159 e. The molecular weight excluding hydrogens is 456 g/mol. The lowest BCUT2D eigenvalue weighted by Gasteiger charge is -2.57. The molecule has 5 aliphatic rings. The Hall–Kier alpha value is -3.12. The van der Waals surface area contributed by atoms with E-state index < -0.39 is 0 Å². The minimum Gasteiger partial charge on any atom is -0.0619 e. The molecule has 0 aliphatic heterocycles. The highest BCUT2D eigenvalue weighted by Gasteiger charge is 2.51. The molecule has 0 heterocycles. The van der Waals surface area contributed by atoms with Crippen LogP contribution in [0.15, 0.2) is 84.9 Å². The zero-order valence-electron chi connectivity index (χ0n) is 23.1. The van der Waals surface area contributed by atoms with Crippen molar-refractivity contribution in [1.82, 2.24) is 0 Å². The van der Waals surface area contributed by atoms with Crippen molar-refractivity contribution in [3.63, 3.8) is 0 Å². The molecule has 4 fully saturated rings. The predicted molar refractivity (Wildman–Crippen MR) is 159 cm³/mol. The van der Waals surface area contributed by atoms with Gasteiger partial charge in [0.1, 0.15) is 0 Å². The van der Waals surface area contributed by atoms with Crippen LogP contribution in [0.4, 0.5) is 0 Å². The summed E-state index contributed by atoms with van der Waals surface area (Å²) in [5, 5.41) is 0. The topological polar surface area (TPSA) is 0 Å². The highest BCUT2D eigenvalue weighted by Crippen LogP contribution is 2.60. The molecule has 9 rings (SSSR count). The van der Waals surface area contributed by atoms with Crippen LogP contribution in [-0.2, 0) is 10.8 Å². The van der Waals surface area contributed by atoms with Crippen LogP contribution in [0.3, 0.4) is 0 Å². The first-order valence-corrected chi connectivity index (χ1v) is 14.9. The lowest BCUT2D eigenvalue weighted by atomic mass is 9.48. The van der Waals surface area contributed by atoms with E-state index in [1.807, 2.05) is 0 Å². The predicted octanol–water partition coefficient (Wildman–Crippen LogP) is 10.1. The molecule has 0 atom stereocenters. The summed E-state index contributed by atoms with van der Waals surface area (Å²) in [6.07, 6.45) is 8.84. The summed E-state index contributed by atoms with van der Waals surface area (Å²) < 4.78 is 0.